The van der Waals surface area contributed by atoms with E-state index < -0.39 is 43.1 Å². The number of hydrogen-bond donors (Lipinski definition) is 5. The van der Waals surface area contributed by atoms with Gasteiger partial charge in [0.2, 0.25) is 5.91 Å². The average Bonchev–Trinajstić information content (AvgIpc) is 2.41. The first-order chi connectivity index (χ1) is 9.40. The second-order valence-corrected chi connectivity index (χ2v) is 4.11. The van der Waals surface area contributed by atoms with Crippen molar-refractivity contribution in [2.45, 2.75) is 18.6 Å². The number of carbonyl (C=O) groups excluding carboxylic acids is 2. The smallest absolute Gasteiger partial charge is 0.325 e. The summed E-state index contributed by atoms with van der Waals surface area (Å²) >= 11 is 3.93. The molecule has 0 radical (unpaired) electrons. The Balaban J connectivity index is 4.48. The fraction of sp³-hybridized carbons (Fsp3) is 0.545. The average molecular weight is 306 g/mol. The molecule has 1 amide bonds. The van der Waals surface area contributed by atoms with E-state index in [1.165, 1.54) is 6.08 Å². The highest BCUT2D eigenvalue weighted by Crippen LogP contribution is 2.03. The summed E-state index contributed by atoms with van der Waals surface area (Å²) in [6.45, 7) is -1.10. The third kappa shape index (κ3) is 8.51. The van der Waals surface area contributed by atoms with Crippen LogP contribution in [0.3, 0.4) is 0 Å². The Morgan fingerprint density at radius 2 is 2.05 bits per heavy atom. The SMILES string of the molecule is NC(CO)C(=O)OC(/C=C/CS)CC(=O)NCC(=O)O. The van der Waals surface area contributed by atoms with Gasteiger partial charge in [-0.25, -0.2) is 0 Å². The third-order valence-corrected chi connectivity index (χ3v) is 2.26. The van der Waals surface area contributed by atoms with E-state index in [-0.39, 0.29) is 6.42 Å². The highest BCUT2D eigenvalue weighted by molar-refractivity contribution is 7.80. The van der Waals surface area contributed by atoms with Gasteiger partial charge in [-0.15, -0.1) is 0 Å². The van der Waals surface area contributed by atoms with E-state index in [2.05, 4.69) is 17.9 Å². The van der Waals surface area contributed by atoms with Crippen molar-refractivity contribution in [3.8, 4) is 0 Å². The maximum atomic E-state index is 11.4. The van der Waals surface area contributed by atoms with E-state index in [0.29, 0.717) is 5.75 Å². The lowest BCUT2D eigenvalue weighted by molar-refractivity contribution is -0.150. The van der Waals surface area contributed by atoms with Crippen LogP contribution in [-0.2, 0) is 19.1 Å². The lowest BCUT2D eigenvalue weighted by Crippen LogP contribution is -2.39. The van der Waals surface area contributed by atoms with Crippen molar-refractivity contribution >= 4 is 30.5 Å². The molecule has 0 aliphatic carbocycles. The minimum Gasteiger partial charge on any atom is -0.480 e. The fourth-order valence-corrected chi connectivity index (χ4v) is 1.22. The first-order valence-corrected chi connectivity index (χ1v) is 6.36. The van der Waals surface area contributed by atoms with Crippen LogP contribution in [0.5, 0.6) is 0 Å². The monoisotopic (exact) mass is 306 g/mol. The molecule has 0 bridgehead atoms. The molecule has 0 aromatic heterocycles. The molecule has 0 aromatic carbocycles. The van der Waals surface area contributed by atoms with Crippen molar-refractivity contribution in [3.05, 3.63) is 12.2 Å². The van der Waals surface area contributed by atoms with Gasteiger partial charge in [0, 0.05) is 5.75 Å². The topological polar surface area (TPSA) is 139 Å². The standard InChI is InChI=1S/C11H18N2O6S/c12-8(6-14)11(18)19-7(2-1-3-20)4-9(15)13-5-10(16)17/h1-2,7-8,14,20H,3-6,12H2,(H,13,15)(H,16,17)/b2-1+. The number of amides is 1. The number of nitrogens with two attached hydrogens (primary N) is 1. The van der Waals surface area contributed by atoms with E-state index in [9.17, 15) is 14.4 Å². The third-order valence-electron chi connectivity index (χ3n) is 2.05. The number of aliphatic hydroxyl groups is 1. The fourth-order valence-electron chi connectivity index (χ4n) is 1.10. The molecule has 0 heterocycles. The summed E-state index contributed by atoms with van der Waals surface area (Å²) in [4.78, 5) is 33.2. The largest absolute Gasteiger partial charge is 0.480 e. The Kier molecular flexibility index (Phi) is 9.43. The zero-order valence-electron chi connectivity index (χ0n) is 10.7. The molecule has 0 spiro atoms. The zero-order chi connectivity index (χ0) is 15.5. The van der Waals surface area contributed by atoms with Crippen LogP contribution in [0.2, 0.25) is 0 Å². The summed E-state index contributed by atoms with van der Waals surface area (Å²) < 4.78 is 4.93. The number of esters is 1. The van der Waals surface area contributed by atoms with Gasteiger partial charge in [-0.05, 0) is 6.08 Å². The molecule has 2 atom stereocenters. The van der Waals surface area contributed by atoms with Gasteiger partial charge in [0.1, 0.15) is 18.7 Å². The van der Waals surface area contributed by atoms with E-state index in [0.717, 1.165) is 0 Å². The Bertz CT molecular complexity index is 374. The summed E-state index contributed by atoms with van der Waals surface area (Å²) in [6, 6.07) is -1.19. The summed E-state index contributed by atoms with van der Waals surface area (Å²) in [6.07, 6.45) is 1.85. The quantitative estimate of drug-likeness (QED) is 0.194. The molecule has 0 fully saturated rings. The van der Waals surface area contributed by atoms with Crippen LogP contribution in [0.4, 0.5) is 0 Å². The first-order valence-electron chi connectivity index (χ1n) is 5.73. The molecule has 0 aromatic rings. The van der Waals surface area contributed by atoms with E-state index in [1.54, 1.807) is 6.08 Å². The Hall–Kier alpha value is -1.58. The van der Waals surface area contributed by atoms with Gasteiger partial charge in [-0.2, -0.15) is 12.6 Å². The molecule has 2 unspecified atom stereocenters. The van der Waals surface area contributed by atoms with Crippen molar-refractivity contribution in [2.75, 3.05) is 18.9 Å². The number of carboxylic acids is 1. The van der Waals surface area contributed by atoms with Gasteiger partial charge in [0.05, 0.1) is 13.0 Å². The molecule has 114 valence electrons. The second kappa shape index (κ2) is 10.2. The Labute approximate surface area is 121 Å². The van der Waals surface area contributed by atoms with Crippen LogP contribution in [0.25, 0.3) is 0 Å². The summed E-state index contributed by atoms with van der Waals surface area (Å²) in [5, 5.41) is 19.3. The molecule has 0 saturated heterocycles. The maximum Gasteiger partial charge on any atom is 0.325 e. The molecular weight excluding hydrogens is 288 g/mol. The molecule has 0 aliphatic rings. The van der Waals surface area contributed by atoms with Crippen molar-refractivity contribution < 1.29 is 29.3 Å². The molecular formula is C11H18N2O6S. The lowest BCUT2D eigenvalue weighted by atomic mass is 10.2. The van der Waals surface area contributed by atoms with Gasteiger partial charge in [0.25, 0.3) is 0 Å². The Morgan fingerprint density at radius 1 is 1.40 bits per heavy atom. The molecule has 0 saturated carbocycles. The van der Waals surface area contributed by atoms with Crippen molar-refractivity contribution in [3.63, 3.8) is 0 Å². The maximum absolute atomic E-state index is 11.4. The van der Waals surface area contributed by atoms with E-state index in [1.807, 2.05) is 0 Å². The molecule has 9 heteroatoms. The summed E-state index contributed by atoms with van der Waals surface area (Å²) in [5.74, 6) is -2.25. The number of aliphatic carboxylic acids is 1. The van der Waals surface area contributed by atoms with Crippen molar-refractivity contribution in [2.24, 2.45) is 5.73 Å². The second-order valence-electron chi connectivity index (χ2n) is 3.75. The lowest BCUT2D eigenvalue weighted by Gasteiger charge is -2.16. The minimum absolute atomic E-state index is 0.249. The summed E-state index contributed by atoms with van der Waals surface area (Å²) in [7, 11) is 0. The number of hydrogen-bond acceptors (Lipinski definition) is 7. The van der Waals surface area contributed by atoms with Gasteiger partial charge < -0.3 is 26.0 Å². The number of aliphatic hydroxyl groups excluding tert-OH is 1. The normalized spacial score (nSPS) is 13.8. The molecule has 0 aliphatic heterocycles. The zero-order valence-corrected chi connectivity index (χ0v) is 11.6. The number of thiol groups is 1. The predicted octanol–water partition coefficient (Wildman–Crippen LogP) is -1.71. The van der Waals surface area contributed by atoms with E-state index >= 15 is 0 Å². The van der Waals surface area contributed by atoms with Crippen LogP contribution >= 0.6 is 12.6 Å². The van der Waals surface area contributed by atoms with Gasteiger partial charge in [0.15, 0.2) is 0 Å². The highest BCUT2D eigenvalue weighted by atomic mass is 32.1. The number of carboxylic acid groups (broad SMARTS) is 1. The van der Waals surface area contributed by atoms with Crippen LogP contribution in [-0.4, -0.2) is 59.1 Å². The predicted molar refractivity (Wildman–Crippen MR) is 73.2 cm³/mol. The molecule has 0 rings (SSSR count). The molecule has 20 heavy (non-hydrogen) atoms. The number of rotatable bonds is 9. The molecule has 5 N–H and O–H groups in total. The van der Waals surface area contributed by atoms with Crippen molar-refractivity contribution in [1.29, 1.82) is 0 Å². The highest BCUT2D eigenvalue weighted by Gasteiger charge is 2.20. The first kappa shape index (κ1) is 18.4. The Morgan fingerprint density at radius 3 is 2.55 bits per heavy atom. The van der Waals surface area contributed by atoms with Crippen LogP contribution < -0.4 is 11.1 Å². The van der Waals surface area contributed by atoms with Crippen molar-refractivity contribution in [1.82, 2.24) is 5.32 Å². The number of ether oxygens (including phenoxy) is 1. The minimum atomic E-state index is -1.19. The van der Waals surface area contributed by atoms with E-state index in [4.69, 9.17) is 20.7 Å². The van der Waals surface area contributed by atoms with Gasteiger partial charge in [-0.1, -0.05) is 6.08 Å². The van der Waals surface area contributed by atoms with Crippen LogP contribution in [0.15, 0.2) is 12.2 Å². The van der Waals surface area contributed by atoms with Crippen LogP contribution in [0, 0.1) is 0 Å². The number of nitrogens with one attached hydrogen (secondary N) is 1. The van der Waals surface area contributed by atoms with Gasteiger partial charge in [-0.3, -0.25) is 14.4 Å². The number of carbonyl (C=O) groups is 3. The van der Waals surface area contributed by atoms with Crippen LogP contribution in [0.1, 0.15) is 6.42 Å². The summed E-state index contributed by atoms with van der Waals surface area (Å²) in [5.41, 5.74) is 5.28. The van der Waals surface area contributed by atoms with Gasteiger partial charge >= 0.3 is 11.9 Å². The molecule has 8 nitrogen and oxygen atoms in total.